The van der Waals surface area contributed by atoms with E-state index in [1.165, 1.54) is 12.1 Å². The number of benzene rings is 2. The van der Waals surface area contributed by atoms with Gasteiger partial charge in [0.15, 0.2) is 5.69 Å². The first kappa shape index (κ1) is 30.9. The average Bonchev–Trinajstić information content (AvgIpc) is 3.38. The van der Waals surface area contributed by atoms with Gasteiger partial charge in [0.25, 0.3) is 10.0 Å². The fraction of sp³-hybridized carbons (Fsp3) is 0.280. The highest BCUT2D eigenvalue weighted by molar-refractivity contribution is 7.90. The maximum Gasteiger partial charge on any atom is 0.435 e. The number of alkyl halides is 3. The second-order valence-electron chi connectivity index (χ2n) is 8.95. The lowest BCUT2D eigenvalue weighted by Crippen LogP contribution is -2.43. The Kier molecular flexibility index (Phi) is 9.94. The molecule has 3 rings (SSSR count). The highest BCUT2D eigenvalue weighted by Crippen LogP contribution is 2.33. The van der Waals surface area contributed by atoms with Crippen molar-refractivity contribution < 1.29 is 36.4 Å². The van der Waals surface area contributed by atoms with Gasteiger partial charge in [-0.3, -0.25) is 9.59 Å². The van der Waals surface area contributed by atoms with Gasteiger partial charge in [-0.05, 0) is 50.1 Å². The summed E-state index contributed by atoms with van der Waals surface area (Å²) in [5, 5.41) is 20.0. The van der Waals surface area contributed by atoms with E-state index in [-0.39, 0.29) is 48.0 Å². The molecule has 2 amide bonds. The number of guanidine groups is 1. The monoisotopic (exact) mass is 595 g/mol. The molecule has 0 aliphatic heterocycles. The summed E-state index contributed by atoms with van der Waals surface area (Å²) in [6, 6.07) is 12.1. The minimum atomic E-state index is -4.70. The maximum absolute atomic E-state index is 13.4. The van der Waals surface area contributed by atoms with Crippen molar-refractivity contribution in [2.24, 2.45) is 10.9 Å². The number of oxime groups is 1. The predicted octanol–water partition coefficient (Wildman–Crippen LogP) is 2.25. The Bertz CT molecular complexity index is 1490. The fourth-order valence-corrected chi connectivity index (χ4v) is 4.80. The van der Waals surface area contributed by atoms with Crippen LogP contribution < -0.4 is 21.1 Å². The van der Waals surface area contributed by atoms with Gasteiger partial charge < -0.3 is 21.6 Å². The third kappa shape index (κ3) is 8.44. The number of carbonyl (C=O) groups is 2. The van der Waals surface area contributed by atoms with Crippen LogP contribution in [0.15, 0.2) is 64.6 Å². The van der Waals surface area contributed by atoms with E-state index < -0.39 is 33.8 Å². The van der Waals surface area contributed by atoms with E-state index in [0.29, 0.717) is 12.0 Å². The molecule has 6 N–H and O–H groups in total. The summed E-state index contributed by atoms with van der Waals surface area (Å²) >= 11 is 0. The van der Waals surface area contributed by atoms with Crippen molar-refractivity contribution >= 4 is 28.3 Å². The fourth-order valence-electron chi connectivity index (χ4n) is 3.79. The largest absolute Gasteiger partial charge is 0.435 e. The van der Waals surface area contributed by atoms with Crippen molar-refractivity contribution in [1.29, 1.82) is 0 Å². The molecule has 3 aromatic rings. The molecule has 2 aromatic carbocycles. The number of carbonyl (C=O) groups excluding carboxylic acids is 2. The summed E-state index contributed by atoms with van der Waals surface area (Å²) in [5.74, 6) is -1.07. The lowest BCUT2D eigenvalue weighted by atomic mass is 10.1. The van der Waals surface area contributed by atoms with Crippen molar-refractivity contribution in [1.82, 2.24) is 25.1 Å². The van der Waals surface area contributed by atoms with Gasteiger partial charge in [0.1, 0.15) is 0 Å². The van der Waals surface area contributed by atoms with Crippen molar-refractivity contribution in [3.05, 3.63) is 65.9 Å². The first-order chi connectivity index (χ1) is 19.3. The van der Waals surface area contributed by atoms with E-state index in [4.69, 9.17) is 10.9 Å². The number of rotatable bonds is 12. The number of hydrogen-bond donors (Lipinski definition) is 5. The average molecular weight is 596 g/mol. The zero-order chi connectivity index (χ0) is 30.2. The van der Waals surface area contributed by atoms with Crippen molar-refractivity contribution in [2.75, 3.05) is 6.54 Å². The van der Waals surface area contributed by atoms with Crippen molar-refractivity contribution in [3.63, 3.8) is 0 Å². The summed E-state index contributed by atoms with van der Waals surface area (Å²) in [6.45, 7) is 1.94. The van der Waals surface area contributed by atoms with Gasteiger partial charge >= 0.3 is 6.18 Å². The molecule has 12 nitrogen and oxygen atoms in total. The smallest absolute Gasteiger partial charge is 0.408 e. The Hall–Kier alpha value is -4.60. The van der Waals surface area contributed by atoms with Crippen LogP contribution in [0.1, 0.15) is 30.5 Å². The maximum atomic E-state index is 13.4. The van der Waals surface area contributed by atoms with Crippen LogP contribution in [0.3, 0.4) is 0 Å². The summed E-state index contributed by atoms with van der Waals surface area (Å²) in [7, 11) is -4.28. The third-order valence-electron chi connectivity index (χ3n) is 5.88. The molecule has 0 aliphatic carbocycles. The SMILES string of the molecule is Cc1ccc(-c2cc(C(F)(F)F)nn2-c2ccc(S(=O)(=O)NC(=O)CCCC(CNC(N)=NO)NC=O)cc2)cc1. The number of nitrogens with two attached hydrogens (primary N) is 1. The molecule has 220 valence electrons. The van der Waals surface area contributed by atoms with Crippen molar-refractivity contribution in [3.8, 4) is 16.9 Å². The molecule has 0 radical (unpaired) electrons. The van der Waals surface area contributed by atoms with Crippen LogP contribution in [0, 0.1) is 6.92 Å². The Morgan fingerprint density at radius 2 is 1.83 bits per heavy atom. The topological polar surface area (TPSA) is 181 Å². The van der Waals surface area contributed by atoms with Crippen LogP contribution in [-0.4, -0.2) is 54.3 Å². The Balaban J connectivity index is 1.71. The van der Waals surface area contributed by atoms with Crippen LogP contribution >= 0.6 is 0 Å². The molecule has 16 heteroatoms. The zero-order valence-electron chi connectivity index (χ0n) is 21.7. The number of nitrogens with zero attached hydrogens (tertiary/aromatic N) is 3. The van der Waals surface area contributed by atoms with E-state index in [1.807, 2.05) is 11.6 Å². The molecule has 41 heavy (non-hydrogen) atoms. The first-order valence-electron chi connectivity index (χ1n) is 12.2. The highest BCUT2D eigenvalue weighted by atomic mass is 32.2. The van der Waals surface area contributed by atoms with Gasteiger partial charge in [-0.15, -0.1) is 0 Å². The van der Waals surface area contributed by atoms with Gasteiger partial charge in [0.05, 0.1) is 16.3 Å². The molecule has 1 aromatic heterocycles. The number of sulfonamides is 1. The minimum Gasteiger partial charge on any atom is -0.408 e. The summed E-state index contributed by atoms with van der Waals surface area (Å²) in [4.78, 5) is 22.8. The quantitative estimate of drug-likeness (QED) is 0.0695. The third-order valence-corrected chi connectivity index (χ3v) is 7.27. The second kappa shape index (κ2) is 13.2. The van der Waals surface area contributed by atoms with E-state index in [2.05, 4.69) is 20.9 Å². The molecule has 0 saturated carbocycles. The van der Waals surface area contributed by atoms with Crippen LogP contribution in [0.25, 0.3) is 16.9 Å². The summed E-state index contributed by atoms with van der Waals surface area (Å²) in [5.41, 5.74) is 5.93. The molecule has 0 bridgehead atoms. The lowest BCUT2D eigenvalue weighted by molar-refractivity contribution is -0.141. The Morgan fingerprint density at radius 3 is 2.41 bits per heavy atom. The minimum absolute atomic E-state index is 0.104. The van der Waals surface area contributed by atoms with Crippen LogP contribution in [0.4, 0.5) is 13.2 Å². The van der Waals surface area contributed by atoms with Gasteiger partial charge in [-0.2, -0.15) is 18.3 Å². The van der Waals surface area contributed by atoms with Crippen LogP contribution in [0.2, 0.25) is 0 Å². The van der Waals surface area contributed by atoms with Gasteiger partial charge in [-0.1, -0.05) is 35.0 Å². The van der Waals surface area contributed by atoms with Crippen LogP contribution in [0.5, 0.6) is 0 Å². The molecule has 0 saturated heterocycles. The van der Waals surface area contributed by atoms with Crippen molar-refractivity contribution in [2.45, 2.75) is 43.3 Å². The Labute approximate surface area is 233 Å². The summed E-state index contributed by atoms with van der Waals surface area (Å²) in [6.07, 6.45) is -3.96. The molecular formula is C25H28F3N7O5S. The number of hydrogen-bond acceptors (Lipinski definition) is 7. The zero-order valence-corrected chi connectivity index (χ0v) is 22.5. The van der Waals surface area contributed by atoms with Gasteiger partial charge in [0.2, 0.25) is 18.3 Å². The normalized spacial score (nSPS) is 12.9. The lowest BCUT2D eigenvalue weighted by Gasteiger charge is -2.16. The van der Waals surface area contributed by atoms with E-state index >= 15 is 0 Å². The number of aryl methyl sites for hydroxylation is 1. The number of aromatic nitrogens is 2. The number of halogens is 3. The van der Waals surface area contributed by atoms with E-state index in [9.17, 15) is 31.2 Å². The molecule has 1 heterocycles. The van der Waals surface area contributed by atoms with E-state index in [1.54, 1.807) is 24.3 Å². The molecule has 1 atom stereocenters. The molecule has 0 fully saturated rings. The van der Waals surface area contributed by atoms with Gasteiger partial charge in [0, 0.05) is 24.6 Å². The van der Waals surface area contributed by atoms with E-state index in [0.717, 1.165) is 28.4 Å². The molecular weight excluding hydrogens is 567 g/mol. The van der Waals surface area contributed by atoms with Crippen LogP contribution in [-0.2, 0) is 25.8 Å². The predicted molar refractivity (Wildman–Crippen MR) is 142 cm³/mol. The number of amides is 2. The molecule has 0 aliphatic rings. The van der Waals surface area contributed by atoms with Gasteiger partial charge in [-0.25, -0.2) is 17.8 Å². The standard InChI is InChI=1S/C25H28F3N7O5S/c1-16-5-7-17(8-6-16)21-13-22(25(26,27)28)32-35(21)19-9-11-20(12-10-19)41(39,40)34-23(37)4-2-3-18(31-15-36)14-30-24(29)33-38/h5-13,15,18,38H,2-4,14H2,1H3,(H,31,36)(H,34,37)(H3,29,30,33). The highest BCUT2D eigenvalue weighted by Gasteiger charge is 2.35. The number of nitrogens with one attached hydrogen (secondary N) is 3. The molecule has 1 unspecified atom stereocenters. The second-order valence-corrected chi connectivity index (χ2v) is 10.6. The Morgan fingerprint density at radius 1 is 1.17 bits per heavy atom. The summed E-state index contributed by atoms with van der Waals surface area (Å²) < 4.78 is 68.8. The molecule has 0 spiro atoms. The first-order valence-corrected chi connectivity index (χ1v) is 13.6.